The Bertz CT molecular complexity index is 741. The molecule has 0 aromatic carbocycles. The van der Waals surface area contributed by atoms with Crippen molar-refractivity contribution in [1.29, 1.82) is 0 Å². The van der Waals surface area contributed by atoms with Crippen molar-refractivity contribution in [3.05, 3.63) is 0 Å². The lowest BCUT2D eigenvalue weighted by molar-refractivity contribution is -0.138. The van der Waals surface area contributed by atoms with Crippen LogP contribution in [-0.2, 0) is 42.9 Å². The van der Waals surface area contributed by atoms with E-state index >= 15 is 0 Å². The van der Waals surface area contributed by atoms with E-state index in [9.17, 15) is 24.0 Å². The van der Waals surface area contributed by atoms with Crippen molar-refractivity contribution in [1.82, 2.24) is 21.3 Å². The van der Waals surface area contributed by atoms with Gasteiger partial charge in [-0.3, -0.25) is 24.0 Å². The number of carboxylic acid groups (broad SMARTS) is 1. The Morgan fingerprint density at radius 2 is 1.20 bits per heavy atom. The Morgan fingerprint density at radius 1 is 0.700 bits per heavy atom. The molecule has 40 heavy (non-hydrogen) atoms. The summed E-state index contributed by atoms with van der Waals surface area (Å²) in [7, 11) is 1.76. The first-order valence-corrected chi connectivity index (χ1v) is 13.4. The van der Waals surface area contributed by atoms with Crippen LogP contribution in [0.1, 0.15) is 39.0 Å². The van der Waals surface area contributed by atoms with E-state index in [0.717, 1.165) is 19.3 Å². The molecule has 0 saturated carbocycles. The van der Waals surface area contributed by atoms with E-state index in [-0.39, 0.29) is 102 Å². The standard InChI is InChI=1S/C25H47N5O10/c1-19(31)21(27-2)5-3-4-8-28-23(33)17-39-15-14-38-12-10-30-24(34)18-40-16-13-37-11-9-29-22(32)7-6-20(26)25(35)36/h20-21,27H,3-18,26H2,1-2H3,(H,28,33)(H,29,32)(H,30,34)(H,35,36). The van der Waals surface area contributed by atoms with E-state index in [1.807, 2.05) is 0 Å². The molecule has 0 aliphatic rings. The Balaban J connectivity index is 3.44. The highest BCUT2D eigenvalue weighted by atomic mass is 16.5. The fourth-order valence-corrected chi connectivity index (χ4v) is 3.15. The third kappa shape index (κ3) is 23.2. The van der Waals surface area contributed by atoms with E-state index in [0.29, 0.717) is 13.1 Å². The summed E-state index contributed by atoms with van der Waals surface area (Å²) >= 11 is 0. The first-order chi connectivity index (χ1) is 19.2. The first kappa shape index (κ1) is 37.3. The van der Waals surface area contributed by atoms with Crippen molar-refractivity contribution in [3.63, 3.8) is 0 Å². The molecule has 2 atom stereocenters. The predicted molar refractivity (Wildman–Crippen MR) is 145 cm³/mol. The average Bonchev–Trinajstić information content (AvgIpc) is 2.91. The number of nitrogens with one attached hydrogen (secondary N) is 4. The van der Waals surface area contributed by atoms with Gasteiger partial charge in [-0.2, -0.15) is 0 Å². The van der Waals surface area contributed by atoms with Crippen molar-refractivity contribution in [2.45, 2.75) is 51.1 Å². The molecule has 3 amide bonds. The normalized spacial score (nSPS) is 12.4. The fraction of sp³-hybridized carbons (Fsp3) is 0.800. The summed E-state index contributed by atoms with van der Waals surface area (Å²) in [5.41, 5.74) is 5.33. The largest absolute Gasteiger partial charge is 0.480 e. The number of likely N-dealkylation sites (N-methyl/N-ethyl adjacent to an activating group) is 1. The van der Waals surface area contributed by atoms with Crippen LogP contribution in [0.3, 0.4) is 0 Å². The van der Waals surface area contributed by atoms with Crippen molar-refractivity contribution < 1.29 is 48.0 Å². The fourth-order valence-electron chi connectivity index (χ4n) is 3.15. The predicted octanol–water partition coefficient (Wildman–Crippen LogP) is -2.06. The van der Waals surface area contributed by atoms with Gasteiger partial charge < -0.3 is 51.1 Å². The van der Waals surface area contributed by atoms with Gasteiger partial charge in [-0.05, 0) is 39.7 Å². The maximum Gasteiger partial charge on any atom is 0.320 e. The zero-order valence-electron chi connectivity index (χ0n) is 23.7. The number of nitrogens with two attached hydrogens (primary N) is 1. The molecule has 0 rings (SSSR count). The number of ether oxygens (including phenoxy) is 4. The second-order valence-corrected chi connectivity index (χ2v) is 8.81. The van der Waals surface area contributed by atoms with Crippen LogP contribution in [0.5, 0.6) is 0 Å². The first-order valence-electron chi connectivity index (χ1n) is 13.4. The molecule has 0 aliphatic carbocycles. The van der Waals surface area contributed by atoms with Crippen LogP contribution in [0.2, 0.25) is 0 Å². The minimum Gasteiger partial charge on any atom is -0.480 e. The van der Waals surface area contributed by atoms with Crippen molar-refractivity contribution in [2.24, 2.45) is 5.73 Å². The van der Waals surface area contributed by atoms with Gasteiger partial charge >= 0.3 is 5.97 Å². The van der Waals surface area contributed by atoms with Gasteiger partial charge in [-0.25, -0.2) is 0 Å². The second kappa shape index (κ2) is 25.3. The molecule has 2 unspecified atom stereocenters. The molecule has 0 saturated heterocycles. The molecule has 232 valence electrons. The van der Waals surface area contributed by atoms with Crippen LogP contribution in [0, 0.1) is 0 Å². The zero-order valence-corrected chi connectivity index (χ0v) is 23.7. The molecule has 0 aliphatic heterocycles. The number of carbonyl (C=O) groups excluding carboxylic acids is 4. The molecule has 0 aromatic rings. The number of amides is 3. The van der Waals surface area contributed by atoms with Crippen molar-refractivity contribution in [3.8, 4) is 0 Å². The van der Waals surface area contributed by atoms with E-state index in [4.69, 9.17) is 29.8 Å². The molecule has 15 heteroatoms. The van der Waals surface area contributed by atoms with Gasteiger partial charge in [0.25, 0.3) is 0 Å². The van der Waals surface area contributed by atoms with Crippen LogP contribution in [0.4, 0.5) is 0 Å². The van der Waals surface area contributed by atoms with Gasteiger partial charge in [0.1, 0.15) is 25.0 Å². The van der Waals surface area contributed by atoms with Gasteiger partial charge in [-0.1, -0.05) is 0 Å². The number of rotatable bonds is 27. The van der Waals surface area contributed by atoms with Crippen LogP contribution in [0.25, 0.3) is 0 Å². The molecule has 7 N–H and O–H groups in total. The van der Waals surface area contributed by atoms with Crippen LogP contribution < -0.4 is 27.0 Å². The number of carboxylic acids is 1. The summed E-state index contributed by atoms with van der Waals surface area (Å²) < 4.78 is 21.1. The maximum absolute atomic E-state index is 11.7. The third-order valence-electron chi connectivity index (χ3n) is 5.43. The van der Waals surface area contributed by atoms with Gasteiger partial charge in [0.15, 0.2) is 0 Å². The molecule has 0 fully saturated rings. The molecule has 0 aromatic heterocycles. The number of unbranched alkanes of at least 4 members (excludes halogenated alkanes) is 1. The number of hydrogen-bond acceptors (Lipinski definition) is 11. The lowest BCUT2D eigenvalue weighted by Gasteiger charge is -2.12. The van der Waals surface area contributed by atoms with Crippen molar-refractivity contribution >= 4 is 29.5 Å². The molecule has 0 heterocycles. The highest BCUT2D eigenvalue weighted by Crippen LogP contribution is 2.01. The summed E-state index contributed by atoms with van der Waals surface area (Å²) in [5, 5.41) is 19.6. The molecule has 0 radical (unpaired) electrons. The van der Waals surface area contributed by atoms with Gasteiger partial charge in [0.05, 0.1) is 45.7 Å². The number of ketones is 1. The second-order valence-electron chi connectivity index (χ2n) is 8.81. The maximum atomic E-state index is 11.7. The van der Waals surface area contributed by atoms with E-state index in [2.05, 4.69) is 21.3 Å². The summed E-state index contributed by atoms with van der Waals surface area (Å²) in [6, 6.07) is -1.20. The number of carbonyl (C=O) groups is 5. The summed E-state index contributed by atoms with van der Waals surface area (Å²) in [6.45, 7) is 3.96. The Morgan fingerprint density at radius 3 is 1.70 bits per heavy atom. The van der Waals surface area contributed by atoms with E-state index in [1.54, 1.807) is 14.0 Å². The molecular formula is C25H47N5O10. The van der Waals surface area contributed by atoms with Crippen LogP contribution in [-0.4, -0.2) is 126 Å². The molecule has 0 bridgehead atoms. The summed E-state index contributed by atoms with van der Waals surface area (Å²) in [6.07, 6.45) is 2.43. The molecule has 15 nitrogen and oxygen atoms in total. The SMILES string of the molecule is CNC(CCCCNC(=O)COCCOCCNC(=O)COCCOCCNC(=O)CCC(N)C(=O)O)C(C)=O. The average molecular weight is 578 g/mol. The third-order valence-corrected chi connectivity index (χ3v) is 5.43. The van der Waals surface area contributed by atoms with Gasteiger partial charge in [-0.15, -0.1) is 0 Å². The van der Waals surface area contributed by atoms with Crippen molar-refractivity contribution in [2.75, 3.05) is 79.5 Å². The lowest BCUT2D eigenvalue weighted by Crippen LogP contribution is -2.33. The highest BCUT2D eigenvalue weighted by molar-refractivity contribution is 5.81. The Kier molecular flexibility index (Phi) is 23.6. The number of hydrogen-bond donors (Lipinski definition) is 6. The quantitative estimate of drug-likeness (QED) is 0.0581. The Labute approximate surface area is 235 Å². The minimum atomic E-state index is -1.14. The highest BCUT2D eigenvalue weighted by Gasteiger charge is 2.13. The number of Topliss-reactive ketones (excluding diaryl/α,β-unsaturated/α-hetero) is 1. The van der Waals surface area contributed by atoms with Gasteiger partial charge in [0, 0.05) is 26.1 Å². The molecule has 0 spiro atoms. The smallest absolute Gasteiger partial charge is 0.320 e. The summed E-state index contributed by atoms with van der Waals surface area (Å²) in [5.74, 6) is -1.85. The topological polar surface area (TPSA) is 217 Å². The molecular weight excluding hydrogens is 530 g/mol. The monoisotopic (exact) mass is 577 g/mol. The number of aliphatic carboxylic acids is 1. The Hall–Kier alpha value is -2.69. The van der Waals surface area contributed by atoms with E-state index < -0.39 is 12.0 Å². The zero-order chi connectivity index (χ0) is 30.0. The lowest BCUT2D eigenvalue weighted by atomic mass is 10.1. The van der Waals surface area contributed by atoms with Gasteiger partial charge in [0.2, 0.25) is 17.7 Å². The summed E-state index contributed by atoms with van der Waals surface area (Å²) in [4.78, 5) is 56.9. The van der Waals surface area contributed by atoms with Crippen LogP contribution in [0.15, 0.2) is 0 Å². The van der Waals surface area contributed by atoms with E-state index in [1.165, 1.54) is 0 Å². The minimum absolute atomic E-state index is 0.0213. The van der Waals surface area contributed by atoms with Crippen LogP contribution >= 0.6 is 0 Å².